The SMILES string of the molecule is Fc1ccc(CP(OB(Oc2cc(C(F)(F)F)cc(C(F)(F)F)c2)OP(Cc2ccc(F)cc2F)(c2ccccc2)(c2ccccc2)c2ccccc2)(c2ccccc2)(c2ccccc2)c2ccccc2)c(F)c1. The van der Waals surface area contributed by atoms with Crippen LogP contribution in [0.15, 0.2) is 237 Å². The summed E-state index contributed by atoms with van der Waals surface area (Å²) in [5.74, 6) is -4.81. The standard InChI is InChI=1S/C58H43BF10O3P2/c60-46-33-31-42(55(62)38-46)40-73(49-19-7-1-8-20-49,50-21-9-2-10-22-50,51-23-11-3-12-24-51)71-59(70-48-36-44(57(64,65)66)35-45(37-48)58(67,68)69)72-74(52-25-13-4-14-26-52,53-27-15-5-16-28-53,54-29-17-6-18-30-54)41-43-32-34-47(61)39-56(43)63/h1-39H,40-41H2. The van der Waals surface area contributed by atoms with Crippen LogP contribution in [0, 0.1) is 23.3 Å². The Morgan fingerprint density at radius 2 is 0.608 bits per heavy atom. The number of rotatable bonds is 16. The van der Waals surface area contributed by atoms with Gasteiger partial charge in [-0.25, -0.2) is 0 Å². The number of halogens is 10. The minimum atomic E-state index is -5.35. The topological polar surface area (TPSA) is 27.7 Å². The summed E-state index contributed by atoms with van der Waals surface area (Å²) in [7, 11) is -2.47. The Morgan fingerprint density at radius 1 is 0.338 bits per heavy atom. The van der Waals surface area contributed by atoms with E-state index >= 15 is 8.78 Å². The fraction of sp³-hybridized carbons (Fsp3) is 0.0690. The van der Waals surface area contributed by atoms with Crippen LogP contribution < -0.4 is 36.5 Å². The molecule has 0 radical (unpaired) electrons. The zero-order valence-electron chi connectivity index (χ0n) is 38.9. The van der Waals surface area contributed by atoms with Crippen molar-refractivity contribution in [3.8, 4) is 5.75 Å². The van der Waals surface area contributed by atoms with Gasteiger partial charge in [-0.3, -0.25) is 0 Å². The maximum atomic E-state index is 16.8. The second-order valence-electron chi connectivity index (χ2n) is 17.6. The zero-order chi connectivity index (χ0) is 52.2. The molecule has 16 heteroatoms. The first-order valence-corrected chi connectivity index (χ1v) is 27.7. The van der Waals surface area contributed by atoms with E-state index in [2.05, 4.69) is 0 Å². The van der Waals surface area contributed by atoms with Gasteiger partial charge in [-0.2, -0.15) is 0 Å². The van der Waals surface area contributed by atoms with Gasteiger partial charge < -0.3 is 0 Å². The van der Waals surface area contributed by atoms with Crippen LogP contribution in [-0.4, -0.2) is 7.32 Å². The van der Waals surface area contributed by atoms with Crippen LogP contribution in [0.25, 0.3) is 0 Å². The van der Waals surface area contributed by atoms with E-state index < -0.39 is 85.8 Å². The van der Waals surface area contributed by atoms with Crippen LogP contribution in [0.4, 0.5) is 43.9 Å². The molecular formula is C58H43BF10O3P2. The van der Waals surface area contributed by atoms with E-state index in [1.54, 1.807) is 182 Å². The quantitative estimate of drug-likeness (QED) is 0.0548. The molecular weight excluding hydrogens is 1010 g/mol. The molecule has 0 aliphatic rings. The Kier molecular flexibility index (Phi) is 14.2. The molecule has 74 heavy (non-hydrogen) atoms. The number of hydrogen-bond acceptors (Lipinski definition) is 3. The summed E-state index contributed by atoms with van der Waals surface area (Å²) in [6, 6.07) is 57.5. The van der Waals surface area contributed by atoms with Crippen molar-refractivity contribution in [2.24, 2.45) is 0 Å². The Balaban J connectivity index is 1.49. The minimum absolute atomic E-state index is 0.0476. The molecule has 0 aliphatic heterocycles. The second kappa shape index (κ2) is 20.3. The van der Waals surface area contributed by atoms with E-state index in [1.807, 2.05) is 0 Å². The first-order valence-electron chi connectivity index (χ1n) is 23.0. The molecule has 376 valence electrons. The Hall–Kier alpha value is -7.08. The van der Waals surface area contributed by atoms with Crippen molar-refractivity contribution in [1.29, 1.82) is 0 Å². The van der Waals surface area contributed by atoms with Gasteiger partial charge in [0.05, 0.1) is 0 Å². The average molecular weight is 1050 g/mol. The number of alkyl halides is 6. The van der Waals surface area contributed by atoms with E-state index in [-0.39, 0.29) is 17.2 Å². The monoisotopic (exact) mass is 1050 g/mol. The van der Waals surface area contributed by atoms with Gasteiger partial charge in [0.2, 0.25) is 0 Å². The van der Waals surface area contributed by atoms with Crippen molar-refractivity contribution < 1.29 is 57.4 Å². The molecule has 0 aromatic heterocycles. The molecule has 9 aromatic carbocycles. The summed E-state index contributed by atoms with van der Waals surface area (Å²) in [6.07, 6.45) is -11.6. The molecule has 0 saturated heterocycles. The summed E-state index contributed by atoms with van der Waals surface area (Å²) in [5, 5.41) is 2.09. The normalized spacial score (nSPS) is 13.3. The van der Waals surface area contributed by atoms with Gasteiger partial charge in [-0.1, -0.05) is 0 Å². The van der Waals surface area contributed by atoms with E-state index in [0.29, 0.717) is 56.1 Å². The summed E-state index contributed by atoms with van der Waals surface area (Å²) in [4.78, 5) is 0. The van der Waals surface area contributed by atoms with Gasteiger partial charge in [0.25, 0.3) is 0 Å². The molecule has 0 spiro atoms. The van der Waals surface area contributed by atoms with Gasteiger partial charge >= 0.3 is 423 Å². The van der Waals surface area contributed by atoms with Crippen LogP contribution in [0.5, 0.6) is 5.75 Å². The maximum absolute atomic E-state index is 16.8. The van der Waals surface area contributed by atoms with Crippen molar-refractivity contribution in [3.63, 3.8) is 0 Å². The van der Waals surface area contributed by atoms with Gasteiger partial charge in [-0.05, 0) is 0 Å². The molecule has 0 fully saturated rings. The molecule has 0 aliphatic carbocycles. The van der Waals surface area contributed by atoms with Crippen LogP contribution in [-0.2, 0) is 33.6 Å². The summed E-state index contributed by atoms with van der Waals surface area (Å²) in [5.41, 5.74) is -3.64. The predicted octanol–water partition coefficient (Wildman–Crippen LogP) is 14.0. The van der Waals surface area contributed by atoms with E-state index in [0.717, 1.165) is 12.1 Å². The summed E-state index contributed by atoms with van der Waals surface area (Å²) in [6.45, 7) is -10.7. The van der Waals surface area contributed by atoms with Crippen molar-refractivity contribution in [2.75, 3.05) is 0 Å². The van der Waals surface area contributed by atoms with Crippen LogP contribution in [0.1, 0.15) is 22.3 Å². The van der Waals surface area contributed by atoms with Gasteiger partial charge in [0, 0.05) is 0 Å². The average Bonchev–Trinajstić information content (AvgIpc) is 3.41. The molecule has 0 bridgehead atoms. The van der Waals surface area contributed by atoms with Gasteiger partial charge in [0.15, 0.2) is 0 Å². The molecule has 0 saturated carbocycles. The second-order valence-corrected chi connectivity index (χ2v) is 26.6. The molecule has 0 heterocycles. The van der Waals surface area contributed by atoms with Crippen molar-refractivity contribution in [2.45, 2.75) is 24.7 Å². The van der Waals surface area contributed by atoms with Crippen molar-refractivity contribution >= 4 is 52.8 Å². The Labute approximate surface area is 421 Å². The zero-order valence-corrected chi connectivity index (χ0v) is 40.7. The molecule has 0 unspecified atom stereocenters. The van der Waals surface area contributed by atoms with Crippen molar-refractivity contribution in [1.82, 2.24) is 0 Å². The van der Waals surface area contributed by atoms with Gasteiger partial charge in [-0.15, -0.1) is 0 Å². The third-order valence-electron chi connectivity index (χ3n) is 13.2. The Bertz CT molecular complexity index is 2960. The third-order valence-corrected chi connectivity index (χ3v) is 24.7. The molecule has 3 nitrogen and oxygen atoms in total. The number of hydrogen-bond donors (Lipinski definition) is 0. The van der Waals surface area contributed by atoms with Crippen LogP contribution in [0.3, 0.4) is 0 Å². The first-order chi connectivity index (χ1) is 35.4. The molecule has 9 rings (SSSR count). The Morgan fingerprint density at radius 3 is 0.851 bits per heavy atom. The molecule has 0 N–H and O–H groups in total. The fourth-order valence-corrected chi connectivity index (χ4v) is 21.2. The molecule has 9 aromatic rings. The van der Waals surface area contributed by atoms with E-state index in [4.69, 9.17) is 13.5 Å². The summed E-state index contributed by atoms with van der Waals surface area (Å²) < 4.78 is 175. The molecule has 0 atom stereocenters. The fourth-order valence-electron chi connectivity index (χ4n) is 9.84. The number of benzene rings is 9. The molecule has 0 amide bonds. The predicted molar refractivity (Wildman–Crippen MR) is 275 cm³/mol. The van der Waals surface area contributed by atoms with Gasteiger partial charge in [0.1, 0.15) is 0 Å². The van der Waals surface area contributed by atoms with E-state index in [1.165, 1.54) is 12.1 Å². The van der Waals surface area contributed by atoms with Crippen LogP contribution in [0.2, 0.25) is 0 Å². The van der Waals surface area contributed by atoms with Crippen molar-refractivity contribution in [3.05, 3.63) is 282 Å². The third kappa shape index (κ3) is 9.52. The summed E-state index contributed by atoms with van der Waals surface area (Å²) >= 11 is 0. The first kappa shape index (κ1) is 51.8. The van der Waals surface area contributed by atoms with Crippen LogP contribution >= 0.6 is 13.7 Å². The van der Waals surface area contributed by atoms with E-state index in [9.17, 15) is 35.1 Å².